The second-order valence-electron chi connectivity index (χ2n) is 5.18. The molecule has 3 rings (SSSR count). The Balaban J connectivity index is 2.01. The van der Waals surface area contributed by atoms with E-state index in [4.69, 9.17) is 5.73 Å². The van der Waals surface area contributed by atoms with Gasteiger partial charge in [-0.05, 0) is 37.3 Å². The van der Waals surface area contributed by atoms with Crippen molar-refractivity contribution in [3.63, 3.8) is 0 Å². The number of benzene rings is 2. The van der Waals surface area contributed by atoms with Crippen LogP contribution in [0.25, 0.3) is 22.4 Å². The van der Waals surface area contributed by atoms with Crippen molar-refractivity contribution in [2.24, 2.45) is 7.05 Å². The number of carbonyl (C=O) groups is 1. The Morgan fingerprint density at radius 2 is 1.95 bits per heavy atom. The van der Waals surface area contributed by atoms with Gasteiger partial charge in [0, 0.05) is 30.4 Å². The van der Waals surface area contributed by atoms with Crippen LogP contribution in [0, 0.1) is 0 Å². The Labute approximate surface area is 128 Å². The lowest BCUT2D eigenvalue weighted by atomic mass is 10.1. The first-order valence-corrected chi connectivity index (χ1v) is 7.20. The van der Waals surface area contributed by atoms with E-state index >= 15 is 0 Å². The van der Waals surface area contributed by atoms with Gasteiger partial charge in [-0.15, -0.1) is 0 Å². The zero-order valence-electron chi connectivity index (χ0n) is 12.6. The van der Waals surface area contributed by atoms with E-state index in [1.807, 2.05) is 61.0 Å². The summed E-state index contributed by atoms with van der Waals surface area (Å²) >= 11 is 0. The number of fused-ring (bicyclic) bond motifs is 1. The van der Waals surface area contributed by atoms with Crippen molar-refractivity contribution in [1.82, 2.24) is 14.9 Å². The van der Waals surface area contributed by atoms with E-state index in [2.05, 4.69) is 10.3 Å². The molecule has 3 N–H and O–H groups in total. The summed E-state index contributed by atoms with van der Waals surface area (Å²) in [6.07, 6.45) is 0. The molecule has 0 aliphatic carbocycles. The first-order chi connectivity index (χ1) is 10.6. The van der Waals surface area contributed by atoms with E-state index in [-0.39, 0.29) is 5.91 Å². The molecule has 112 valence electrons. The van der Waals surface area contributed by atoms with Crippen molar-refractivity contribution in [3.8, 4) is 11.4 Å². The van der Waals surface area contributed by atoms with Gasteiger partial charge in [0.25, 0.3) is 5.91 Å². The van der Waals surface area contributed by atoms with Crippen LogP contribution in [0.15, 0.2) is 42.5 Å². The fourth-order valence-electron chi connectivity index (χ4n) is 2.51. The molecule has 1 amide bonds. The summed E-state index contributed by atoms with van der Waals surface area (Å²) in [4.78, 5) is 16.4. The predicted molar refractivity (Wildman–Crippen MR) is 88.6 cm³/mol. The number of nitrogens with zero attached hydrogens (tertiary/aromatic N) is 2. The summed E-state index contributed by atoms with van der Waals surface area (Å²) in [5, 5.41) is 2.79. The van der Waals surface area contributed by atoms with E-state index in [1.165, 1.54) is 0 Å². The highest BCUT2D eigenvalue weighted by Gasteiger charge is 2.11. The number of aromatic nitrogens is 2. The SMILES string of the molecule is CCNC(=O)c1ccc(-c2nc3cc(N)ccc3n2C)cc1. The third-order valence-corrected chi connectivity index (χ3v) is 3.65. The van der Waals surface area contributed by atoms with Gasteiger partial charge in [-0.1, -0.05) is 12.1 Å². The van der Waals surface area contributed by atoms with Crippen molar-refractivity contribution in [1.29, 1.82) is 0 Å². The Hall–Kier alpha value is -2.82. The molecule has 3 aromatic rings. The van der Waals surface area contributed by atoms with Gasteiger partial charge in [0.1, 0.15) is 5.82 Å². The van der Waals surface area contributed by atoms with Gasteiger partial charge in [-0.25, -0.2) is 4.98 Å². The van der Waals surface area contributed by atoms with Crippen molar-refractivity contribution in [3.05, 3.63) is 48.0 Å². The quantitative estimate of drug-likeness (QED) is 0.729. The highest BCUT2D eigenvalue weighted by molar-refractivity contribution is 5.94. The van der Waals surface area contributed by atoms with Gasteiger partial charge in [0.2, 0.25) is 0 Å². The van der Waals surface area contributed by atoms with Crippen molar-refractivity contribution in [2.45, 2.75) is 6.92 Å². The van der Waals surface area contributed by atoms with Crippen LogP contribution >= 0.6 is 0 Å². The van der Waals surface area contributed by atoms with Crippen molar-refractivity contribution < 1.29 is 4.79 Å². The number of amides is 1. The smallest absolute Gasteiger partial charge is 0.251 e. The molecule has 0 atom stereocenters. The first kappa shape index (κ1) is 14.1. The molecule has 22 heavy (non-hydrogen) atoms. The van der Waals surface area contributed by atoms with Crippen LogP contribution in [0.4, 0.5) is 5.69 Å². The molecular weight excluding hydrogens is 276 g/mol. The minimum absolute atomic E-state index is 0.0631. The largest absolute Gasteiger partial charge is 0.399 e. The minimum atomic E-state index is -0.0631. The topological polar surface area (TPSA) is 72.9 Å². The molecule has 0 aliphatic rings. The third kappa shape index (κ3) is 2.41. The lowest BCUT2D eigenvalue weighted by Crippen LogP contribution is -2.22. The molecule has 5 heteroatoms. The summed E-state index contributed by atoms with van der Waals surface area (Å²) < 4.78 is 2.02. The number of imidazole rings is 1. The molecule has 0 spiro atoms. The molecule has 0 unspecified atom stereocenters. The average molecular weight is 294 g/mol. The van der Waals surface area contributed by atoms with Crippen LogP contribution in [0.1, 0.15) is 17.3 Å². The van der Waals surface area contributed by atoms with Crippen LogP contribution in [-0.4, -0.2) is 22.0 Å². The minimum Gasteiger partial charge on any atom is -0.399 e. The lowest BCUT2D eigenvalue weighted by Gasteiger charge is -2.05. The number of nitrogens with two attached hydrogens (primary N) is 1. The summed E-state index contributed by atoms with van der Waals surface area (Å²) in [7, 11) is 1.97. The molecule has 1 aromatic heterocycles. The number of rotatable bonds is 3. The number of hydrogen-bond acceptors (Lipinski definition) is 3. The molecule has 5 nitrogen and oxygen atoms in total. The van der Waals surface area contributed by atoms with Gasteiger partial charge in [-0.3, -0.25) is 4.79 Å². The fourth-order valence-corrected chi connectivity index (χ4v) is 2.51. The third-order valence-electron chi connectivity index (χ3n) is 3.65. The maximum atomic E-state index is 11.8. The van der Waals surface area contributed by atoms with Crippen LogP contribution in [0.5, 0.6) is 0 Å². The predicted octanol–water partition coefficient (Wildman–Crippen LogP) is 2.57. The number of nitrogen functional groups attached to an aromatic ring is 1. The van der Waals surface area contributed by atoms with Crippen LogP contribution in [0.3, 0.4) is 0 Å². The van der Waals surface area contributed by atoms with Gasteiger partial charge in [0.15, 0.2) is 0 Å². The molecular formula is C17H18N4O. The van der Waals surface area contributed by atoms with Crippen molar-refractivity contribution in [2.75, 3.05) is 12.3 Å². The average Bonchev–Trinajstić information content (AvgIpc) is 2.84. The maximum absolute atomic E-state index is 11.8. The second-order valence-corrected chi connectivity index (χ2v) is 5.18. The zero-order chi connectivity index (χ0) is 15.7. The van der Waals surface area contributed by atoms with Gasteiger partial charge in [0.05, 0.1) is 11.0 Å². The molecule has 0 bridgehead atoms. The maximum Gasteiger partial charge on any atom is 0.251 e. The van der Waals surface area contributed by atoms with E-state index < -0.39 is 0 Å². The Morgan fingerprint density at radius 3 is 2.64 bits per heavy atom. The summed E-state index contributed by atoms with van der Waals surface area (Å²) in [6, 6.07) is 13.1. The van der Waals surface area contributed by atoms with Crippen LogP contribution in [-0.2, 0) is 7.05 Å². The van der Waals surface area contributed by atoms with Gasteiger partial charge < -0.3 is 15.6 Å². The second kappa shape index (κ2) is 5.52. The normalized spacial score (nSPS) is 10.8. The molecule has 2 aromatic carbocycles. The molecule has 1 heterocycles. The number of carbonyl (C=O) groups excluding carboxylic acids is 1. The number of nitrogens with one attached hydrogen (secondary N) is 1. The lowest BCUT2D eigenvalue weighted by molar-refractivity contribution is 0.0956. The summed E-state index contributed by atoms with van der Waals surface area (Å²) in [5.41, 5.74) is 10.0. The number of aryl methyl sites for hydroxylation is 1. The first-order valence-electron chi connectivity index (χ1n) is 7.20. The van der Waals surface area contributed by atoms with E-state index in [0.29, 0.717) is 17.8 Å². The van der Waals surface area contributed by atoms with E-state index in [1.54, 1.807) is 0 Å². The molecule has 0 saturated carbocycles. The highest BCUT2D eigenvalue weighted by Crippen LogP contribution is 2.25. The number of anilines is 1. The number of hydrogen-bond donors (Lipinski definition) is 2. The van der Waals surface area contributed by atoms with Crippen LogP contribution < -0.4 is 11.1 Å². The van der Waals surface area contributed by atoms with Gasteiger partial charge in [-0.2, -0.15) is 0 Å². The zero-order valence-corrected chi connectivity index (χ0v) is 12.6. The Kier molecular flexibility index (Phi) is 3.55. The standard InChI is InChI=1S/C17H18N4O/c1-3-19-17(22)12-6-4-11(5-7-12)16-20-14-10-13(18)8-9-15(14)21(16)2/h4-10H,3,18H2,1-2H3,(H,19,22). The molecule has 0 radical (unpaired) electrons. The Morgan fingerprint density at radius 1 is 1.23 bits per heavy atom. The van der Waals surface area contributed by atoms with Crippen molar-refractivity contribution >= 4 is 22.6 Å². The van der Waals surface area contributed by atoms with E-state index in [9.17, 15) is 4.79 Å². The Bertz CT molecular complexity index is 834. The van der Waals surface area contributed by atoms with E-state index in [0.717, 1.165) is 22.4 Å². The molecule has 0 saturated heterocycles. The summed E-state index contributed by atoms with van der Waals surface area (Å²) in [6.45, 7) is 2.52. The van der Waals surface area contributed by atoms with Crippen LogP contribution in [0.2, 0.25) is 0 Å². The highest BCUT2D eigenvalue weighted by atomic mass is 16.1. The fraction of sp³-hybridized carbons (Fsp3) is 0.176. The molecule has 0 aliphatic heterocycles. The summed E-state index contributed by atoms with van der Waals surface area (Å²) in [5.74, 6) is 0.787. The monoisotopic (exact) mass is 294 g/mol. The molecule has 0 fully saturated rings. The van der Waals surface area contributed by atoms with Gasteiger partial charge >= 0.3 is 0 Å².